The highest BCUT2D eigenvalue weighted by Gasteiger charge is 2.43. The van der Waals surface area contributed by atoms with Crippen molar-refractivity contribution in [1.82, 2.24) is 9.80 Å². The molecule has 1 aliphatic carbocycles. The van der Waals surface area contributed by atoms with Gasteiger partial charge >= 0.3 is 0 Å². The van der Waals surface area contributed by atoms with Gasteiger partial charge in [-0.1, -0.05) is 0 Å². The van der Waals surface area contributed by atoms with Gasteiger partial charge in [0.1, 0.15) is 0 Å². The average Bonchev–Trinajstić information content (AvgIpc) is 3.04. The van der Waals surface area contributed by atoms with Gasteiger partial charge in [0.15, 0.2) is 0 Å². The lowest BCUT2D eigenvalue weighted by atomic mass is 10.0. The number of hydrogen-bond acceptors (Lipinski definition) is 3. The number of nitrogens with zero attached hydrogens (tertiary/aromatic N) is 2. The Morgan fingerprint density at radius 2 is 2.00 bits per heavy atom. The Balaban J connectivity index is 1.84. The lowest BCUT2D eigenvalue weighted by molar-refractivity contribution is -0.132. The monoisotopic (exact) mass is 242 g/mol. The third-order valence-electron chi connectivity index (χ3n) is 3.89. The van der Waals surface area contributed by atoms with E-state index in [1.54, 1.807) is 0 Å². The van der Waals surface area contributed by atoms with Gasteiger partial charge in [-0.2, -0.15) is 12.6 Å². The molecular weight excluding hydrogens is 220 g/mol. The largest absolute Gasteiger partial charge is 0.341 e. The van der Waals surface area contributed by atoms with Crippen molar-refractivity contribution in [1.29, 1.82) is 0 Å². The van der Waals surface area contributed by atoms with Gasteiger partial charge in [-0.3, -0.25) is 4.79 Å². The fraction of sp³-hybridized carbons (Fsp3) is 0.917. The molecule has 3 nitrogen and oxygen atoms in total. The van der Waals surface area contributed by atoms with Gasteiger partial charge in [0.25, 0.3) is 0 Å². The lowest BCUT2D eigenvalue weighted by Crippen LogP contribution is -2.36. The van der Waals surface area contributed by atoms with E-state index in [2.05, 4.69) is 24.6 Å². The van der Waals surface area contributed by atoms with E-state index in [-0.39, 0.29) is 5.41 Å². The molecule has 2 fully saturated rings. The molecule has 0 radical (unpaired) electrons. The fourth-order valence-electron chi connectivity index (χ4n) is 2.30. The van der Waals surface area contributed by atoms with Crippen LogP contribution in [-0.4, -0.2) is 54.7 Å². The minimum atomic E-state index is 0.262. The van der Waals surface area contributed by atoms with Gasteiger partial charge in [-0.15, -0.1) is 0 Å². The number of carbonyl (C=O) groups excluding carboxylic acids is 1. The highest BCUT2D eigenvalue weighted by Crippen LogP contribution is 2.49. The maximum absolute atomic E-state index is 12.1. The van der Waals surface area contributed by atoms with Crippen LogP contribution in [0.25, 0.3) is 0 Å². The summed E-state index contributed by atoms with van der Waals surface area (Å²) in [6.45, 7) is 3.96. The summed E-state index contributed by atoms with van der Waals surface area (Å²) in [5, 5.41) is 0. The van der Waals surface area contributed by atoms with E-state index >= 15 is 0 Å². The molecule has 92 valence electrons. The first kappa shape index (κ1) is 12.2. The van der Waals surface area contributed by atoms with Crippen LogP contribution in [0.3, 0.4) is 0 Å². The summed E-state index contributed by atoms with van der Waals surface area (Å²) in [6, 6.07) is 0. The Kier molecular flexibility index (Phi) is 3.80. The van der Waals surface area contributed by atoms with Crippen LogP contribution in [-0.2, 0) is 4.79 Å². The molecule has 16 heavy (non-hydrogen) atoms. The SMILES string of the molecule is CN1CCCN(C(=O)CC2(CS)CC2)CC1. The third-order valence-corrected chi connectivity index (χ3v) is 4.56. The molecule has 0 aromatic carbocycles. The molecular formula is C12H22N2OS. The molecule has 0 atom stereocenters. The number of thiol groups is 1. The van der Waals surface area contributed by atoms with Crippen LogP contribution in [0.5, 0.6) is 0 Å². The predicted molar refractivity (Wildman–Crippen MR) is 68.8 cm³/mol. The molecule has 0 aromatic heterocycles. The van der Waals surface area contributed by atoms with Crippen LogP contribution in [0, 0.1) is 5.41 Å². The molecule has 0 bridgehead atoms. The maximum Gasteiger partial charge on any atom is 0.223 e. The standard InChI is InChI=1S/C12H22N2OS/c1-13-5-2-6-14(8-7-13)11(15)9-12(10-16)3-4-12/h16H,2-10H2,1H3. The number of hydrogen-bond donors (Lipinski definition) is 1. The van der Waals surface area contributed by atoms with Crippen molar-refractivity contribution in [2.75, 3.05) is 39.0 Å². The topological polar surface area (TPSA) is 23.6 Å². The lowest BCUT2D eigenvalue weighted by Gasteiger charge is -2.23. The Bertz CT molecular complexity index is 266. The zero-order valence-corrected chi connectivity index (χ0v) is 11.0. The minimum Gasteiger partial charge on any atom is -0.341 e. The first-order valence-corrected chi connectivity index (χ1v) is 6.86. The van der Waals surface area contributed by atoms with E-state index in [9.17, 15) is 4.79 Å². The highest BCUT2D eigenvalue weighted by atomic mass is 32.1. The predicted octanol–water partition coefficient (Wildman–Crippen LogP) is 1.25. The van der Waals surface area contributed by atoms with E-state index in [0.29, 0.717) is 5.91 Å². The second-order valence-corrected chi connectivity index (χ2v) is 5.69. The highest BCUT2D eigenvalue weighted by molar-refractivity contribution is 7.80. The van der Waals surface area contributed by atoms with Crippen LogP contribution >= 0.6 is 12.6 Å². The molecule has 2 rings (SSSR count). The maximum atomic E-state index is 12.1. The Morgan fingerprint density at radius 3 is 2.62 bits per heavy atom. The number of rotatable bonds is 3. The average molecular weight is 242 g/mol. The van der Waals surface area contributed by atoms with E-state index < -0.39 is 0 Å². The van der Waals surface area contributed by atoms with E-state index in [1.165, 1.54) is 12.8 Å². The van der Waals surface area contributed by atoms with Crippen molar-refractivity contribution in [2.45, 2.75) is 25.7 Å². The van der Waals surface area contributed by atoms with Crippen molar-refractivity contribution in [2.24, 2.45) is 5.41 Å². The Morgan fingerprint density at radius 1 is 1.25 bits per heavy atom. The second kappa shape index (κ2) is 4.96. The molecule has 2 aliphatic rings. The van der Waals surface area contributed by atoms with E-state index in [1.807, 2.05) is 4.90 Å². The van der Waals surface area contributed by atoms with Crippen LogP contribution in [0.15, 0.2) is 0 Å². The minimum absolute atomic E-state index is 0.262. The van der Waals surface area contributed by atoms with Gasteiger partial charge in [-0.05, 0) is 44.0 Å². The number of likely N-dealkylation sites (N-methyl/N-ethyl adjacent to an activating group) is 1. The molecule has 0 unspecified atom stereocenters. The molecule has 1 amide bonds. The fourth-order valence-corrected chi connectivity index (χ4v) is 2.72. The van der Waals surface area contributed by atoms with Crippen molar-refractivity contribution >= 4 is 18.5 Å². The van der Waals surface area contributed by atoms with Gasteiger partial charge in [0, 0.05) is 26.1 Å². The summed E-state index contributed by atoms with van der Waals surface area (Å²) in [4.78, 5) is 16.5. The number of carbonyl (C=O) groups is 1. The summed E-state index contributed by atoms with van der Waals surface area (Å²) < 4.78 is 0. The van der Waals surface area contributed by atoms with Crippen molar-refractivity contribution in [3.8, 4) is 0 Å². The quantitative estimate of drug-likeness (QED) is 0.753. The van der Waals surface area contributed by atoms with Gasteiger partial charge in [0.05, 0.1) is 0 Å². The third kappa shape index (κ3) is 2.92. The normalized spacial score (nSPS) is 25.2. The molecule has 1 saturated heterocycles. The summed E-state index contributed by atoms with van der Waals surface area (Å²) >= 11 is 4.36. The molecule has 0 N–H and O–H groups in total. The van der Waals surface area contributed by atoms with Gasteiger partial charge in [0.2, 0.25) is 5.91 Å². The summed E-state index contributed by atoms with van der Waals surface area (Å²) in [7, 11) is 2.13. The zero-order chi connectivity index (χ0) is 11.6. The summed E-state index contributed by atoms with van der Waals surface area (Å²) in [6.07, 6.45) is 4.21. The van der Waals surface area contributed by atoms with Crippen molar-refractivity contribution in [3.05, 3.63) is 0 Å². The van der Waals surface area contributed by atoms with E-state index in [4.69, 9.17) is 0 Å². The smallest absolute Gasteiger partial charge is 0.223 e. The Hall–Kier alpha value is -0.220. The molecule has 1 heterocycles. The number of amides is 1. The van der Waals surface area contributed by atoms with Gasteiger partial charge in [-0.25, -0.2) is 0 Å². The first-order valence-electron chi connectivity index (χ1n) is 6.22. The molecule has 0 spiro atoms. The summed E-state index contributed by atoms with van der Waals surface area (Å²) in [5.74, 6) is 1.22. The van der Waals surface area contributed by atoms with Crippen molar-refractivity contribution < 1.29 is 4.79 Å². The molecule has 0 aromatic rings. The second-order valence-electron chi connectivity index (χ2n) is 5.37. The van der Waals surface area contributed by atoms with Crippen LogP contribution < -0.4 is 0 Å². The van der Waals surface area contributed by atoms with E-state index in [0.717, 1.165) is 44.8 Å². The first-order chi connectivity index (χ1) is 7.65. The summed E-state index contributed by atoms with van der Waals surface area (Å²) in [5.41, 5.74) is 0.262. The molecule has 1 aliphatic heterocycles. The van der Waals surface area contributed by atoms with Crippen molar-refractivity contribution in [3.63, 3.8) is 0 Å². The zero-order valence-electron chi connectivity index (χ0n) is 10.1. The van der Waals surface area contributed by atoms with Gasteiger partial charge < -0.3 is 9.80 Å². The molecule has 4 heteroatoms. The Labute approximate surface area is 104 Å². The molecule has 1 saturated carbocycles. The van der Waals surface area contributed by atoms with Crippen LogP contribution in [0.2, 0.25) is 0 Å². The van der Waals surface area contributed by atoms with Crippen LogP contribution in [0.4, 0.5) is 0 Å². The van der Waals surface area contributed by atoms with Crippen LogP contribution in [0.1, 0.15) is 25.7 Å².